The first kappa shape index (κ1) is 16.1. The number of rotatable bonds is 4. The number of hydrogen-bond donors (Lipinski definition) is 3. The first-order valence-electron chi connectivity index (χ1n) is 7.77. The highest BCUT2D eigenvalue weighted by molar-refractivity contribution is 5.82. The van der Waals surface area contributed by atoms with Gasteiger partial charge in [-0.2, -0.15) is 0 Å². The second-order valence-corrected chi connectivity index (χ2v) is 5.92. The number of para-hydroxylation sites is 1. The smallest absolute Gasteiger partial charge is 0.213 e. The Morgan fingerprint density at radius 3 is 2.78 bits per heavy atom. The number of benzene rings is 1. The maximum absolute atomic E-state index is 10.6. The van der Waals surface area contributed by atoms with Crippen molar-refractivity contribution in [1.82, 2.24) is 4.98 Å². The van der Waals surface area contributed by atoms with Crippen LogP contribution in [-0.2, 0) is 4.74 Å². The lowest BCUT2D eigenvalue weighted by molar-refractivity contribution is -0.111. The van der Waals surface area contributed by atoms with Crippen LogP contribution in [0.5, 0.6) is 5.88 Å². The summed E-state index contributed by atoms with van der Waals surface area (Å²) in [6.45, 7) is 0.399. The Hall–Kier alpha value is -1.73. The molecule has 1 aliphatic heterocycles. The molecular weight excluding hydrogens is 296 g/mol. The van der Waals surface area contributed by atoms with Gasteiger partial charge in [0.2, 0.25) is 5.88 Å². The standard InChI is InChI=1S/C17H22N2O4/c1-22-14-8-5-10-3-2-4-12(15(10)19-14)16(20)17(21)13-7-6-11(18)9-23-13/h2-5,8,11,13,16-17,20-21H,6-7,9,18H2,1H3/t11-,13+,16-,17-/m1/s1. The summed E-state index contributed by atoms with van der Waals surface area (Å²) in [5.74, 6) is 0.464. The van der Waals surface area contributed by atoms with E-state index in [2.05, 4.69) is 4.98 Å². The van der Waals surface area contributed by atoms with E-state index in [1.165, 1.54) is 0 Å². The summed E-state index contributed by atoms with van der Waals surface area (Å²) in [6.07, 6.45) is -1.14. The van der Waals surface area contributed by atoms with E-state index in [4.69, 9.17) is 15.2 Å². The molecule has 0 bridgehead atoms. The van der Waals surface area contributed by atoms with E-state index >= 15 is 0 Å². The summed E-state index contributed by atoms with van der Waals surface area (Å²) >= 11 is 0. The molecule has 0 spiro atoms. The zero-order chi connectivity index (χ0) is 16.4. The number of ether oxygens (including phenoxy) is 2. The molecule has 2 aromatic rings. The van der Waals surface area contributed by atoms with E-state index in [0.717, 1.165) is 11.8 Å². The predicted octanol–water partition coefficient (Wildman–Crippen LogP) is 1.14. The molecule has 6 heteroatoms. The Balaban J connectivity index is 1.89. The minimum atomic E-state index is -1.09. The minimum absolute atomic E-state index is 0.000855. The number of nitrogens with zero attached hydrogens (tertiary/aromatic N) is 1. The molecule has 1 fully saturated rings. The third-order valence-electron chi connectivity index (χ3n) is 4.30. The highest BCUT2D eigenvalue weighted by Crippen LogP contribution is 2.30. The molecule has 2 heterocycles. The molecule has 1 saturated heterocycles. The van der Waals surface area contributed by atoms with E-state index in [1.807, 2.05) is 18.2 Å². The second-order valence-electron chi connectivity index (χ2n) is 5.92. The van der Waals surface area contributed by atoms with Crippen molar-refractivity contribution in [2.75, 3.05) is 13.7 Å². The zero-order valence-corrected chi connectivity index (χ0v) is 13.1. The Morgan fingerprint density at radius 2 is 2.09 bits per heavy atom. The molecule has 124 valence electrons. The van der Waals surface area contributed by atoms with Gasteiger partial charge in [-0.05, 0) is 18.9 Å². The fourth-order valence-electron chi connectivity index (χ4n) is 2.95. The van der Waals surface area contributed by atoms with Crippen LogP contribution in [0.4, 0.5) is 0 Å². The van der Waals surface area contributed by atoms with Crippen LogP contribution in [0.1, 0.15) is 24.5 Å². The van der Waals surface area contributed by atoms with Gasteiger partial charge in [0.25, 0.3) is 0 Å². The van der Waals surface area contributed by atoms with Crippen LogP contribution >= 0.6 is 0 Å². The van der Waals surface area contributed by atoms with Crippen molar-refractivity contribution in [3.8, 4) is 5.88 Å². The molecule has 1 aliphatic rings. The van der Waals surface area contributed by atoms with Gasteiger partial charge in [-0.1, -0.05) is 18.2 Å². The first-order chi connectivity index (χ1) is 11.1. The molecule has 0 aliphatic carbocycles. The van der Waals surface area contributed by atoms with Gasteiger partial charge in [0.15, 0.2) is 0 Å². The highest BCUT2D eigenvalue weighted by atomic mass is 16.5. The van der Waals surface area contributed by atoms with E-state index in [-0.39, 0.29) is 6.04 Å². The maximum Gasteiger partial charge on any atom is 0.213 e. The van der Waals surface area contributed by atoms with Crippen molar-refractivity contribution >= 4 is 10.9 Å². The van der Waals surface area contributed by atoms with Crippen molar-refractivity contribution < 1.29 is 19.7 Å². The van der Waals surface area contributed by atoms with Crippen molar-refractivity contribution in [2.45, 2.75) is 37.2 Å². The van der Waals surface area contributed by atoms with Crippen LogP contribution in [0.15, 0.2) is 30.3 Å². The monoisotopic (exact) mass is 318 g/mol. The van der Waals surface area contributed by atoms with Crippen LogP contribution in [0.25, 0.3) is 10.9 Å². The van der Waals surface area contributed by atoms with Gasteiger partial charge in [0.05, 0.1) is 25.3 Å². The van der Waals surface area contributed by atoms with Crippen LogP contribution in [0.2, 0.25) is 0 Å². The lowest BCUT2D eigenvalue weighted by Crippen LogP contribution is -2.43. The summed E-state index contributed by atoms with van der Waals surface area (Å²) in [6, 6.07) is 9.14. The summed E-state index contributed by atoms with van der Waals surface area (Å²) < 4.78 is 10.7. The number of fused-ring (bicyclic) bond motifs is 1. The SMILES string of the molecule is COc1ccc2cccc([C@@H](O)[C@H](O)[C@@H]3CC[C@@H](N)CO3)c2n1. The van der Waals surface area contributed by atoms with Gasteiger partial charge in [0, 0.05) is 23.1 Å². The summed E-state index contributed by atoms with van der Waals surface area (Å²) in [4.78, 5) is 4.40. The van der Waals surface area contributed by atoms with Crippen molar-refractivity contribution in [1.29, 1.82) is 0 Å². The second kappa shape index (κ2) is 6.80. The van der Waals surface area contributed by atoms with Crippen molar-refractivity contribution in [2.24, 2.45) is 5.73 Å². The van der Waals surface area contributed by atoms with E-state index in [1.54, 1.807) is 19.2 Å². The Labute approximate surface area is 134 Å². The van der Waals surface area contributed by atoms with Crippen LogP contribution in [0.3, 0.4) is 0 Å². The first-order valence-corrected chi connectivity index (χ1v) is 7.77. The van der Waals surface area contributed by atoms with E-state index in [9.17, 15) is 10.2 Å². The Kier molecular flexibility index (Phi) is 4.77. The number of pyridine rings is 1. The number of aromatic nitrogens is 1. The fraction of sp³-hybridized carbons (Fsp3) is 0.471. The van der Waals surface area contributed by atoms with E-state index in [0.29, 0.717) is 30.0 Å². The topological polar surface area (TPSA) is 97.8 Å². The highest BCUT2D eigenvalue weighted by Gasteiger charge is 2.32. The molecule has 23 heavy (non-hydrogen) atoms. The minimum Gasteiger partial charge on any atom is -0.481 e. The molecule has 0 amide bonds. The summed E-state index contributed by atoms with van der Waals surface area (Å²) in [5.41, 5.74) is 6.98. The van der Waals surface area contributed by atoms with Gasteiger partial charge in [-0.15, -0.1) is 0 Å². The molecule has 3 rings (SSSR count). The number of aliphatic hydroxyl groups excluding tert-OH is 2. The van der Waals surface area contributed by atoms with E-state index < -0.39 is 18.3 Å². The molecule has 0 radical (unpaired) electrons. The molecule has 6 nitrogen and oxygen atoms in total. The quantitative estimate of drug-likeness (QED) is 0.782. The number of aliphatic hydroxyl groups is 2. The van der Waals surface area contributed by atoms with Crippen molar-refractivity contribution in [3.63, 3.8) is 0 Å². The van der Waals surface area contributed by atoms with Gasteiger partial charge < -0.3 is 25.4 Å². The largest absolute Gasteiger partial charge is 0.481 e. The van der Waals surface area contributed by atoms with Crippen molar-refractivity contribution in [3.05, 3.63) is 35.9 Å². The number of methoxy groups -OCH3 is 1. The Morgan fingerprint density at radius 1 is 1.26 bits per heavy atom. The molecule has 1 aromatic heterocycles. The maximum atomic E-state index is 10.6. The average Bonchev–Trinajstić information content (AvgIpc) is 2.60. The van der Waals surface area contributed by atoms with Crippen LogP contribution in [-0.4, -0.2) is 47.2 Å². The molecule has 4 atom stereocenters. The molecule has 0 unspecified atom stereocenters. The predicted molar refractivity (Wildman–Crippen MR) is 86.2 cm³/mol. The van der Waals surface area contributed by atoms with Crippen LogP contribution in [0, 0.1) is 0 Å². The lowest BCUT2D eigenvalue weighted by atomic mass is 9.93. The lowest BCUT2D eigenvalue weighted by Gasteiger charge is -2.32. The number of nitrogens with two attached hydrogens (primary N) is 1. The molecule has 1 aromatic carbocycles. The van der Waals surface area contributed by atoms with Gasteiger partial charge in [0.1, 0.15) is 12.2 Å². The number of hydrogen-bond acceptors (Lipinski definition) is 6. The summed E-state index contributed by atoms with van der Waals surface area (Å²) in [7, 11) is 1.54. The summed E-state index contributed by atoms with van der Waals surface area (Å²) in [5, 5.41) is 22.0. The molecular formula is C17H22N2O4. The van der Waals surface area contributed by atoms with Crippen LogP contribution < -0.4 is 10.5 Å². The molecule has 0 saturated carbocycles. The van der Waals surface area contributed by atoms with Gasteiger partial charge >= 0.3 is 0 Å². The zero-order valence-electron chi connectivity index (χ0n) is 13.1. The Bertz CT molecular complexity index is 671. The third-order valence-corrected chi connectivity index (χ3v) is 4.30. The molecule has 4 N–H and O–H groups in total. The van der Waals surface area contributed by atoms with Gasteiger partial charge in [-0.25, -0.2) is 4.98 Å². The fourth-order valence-corrected chi connectivity index (χ4v) is 2.95. The van der Waals surface area contributed by atoms with Gasteiger partial charge in [-0.3, -0.25) is 0 Å². The normalized spacial score (nSPS) is 24.3. The third kappa shape index (κ3) is 3.30. The average molecular weight is 318 g/mol.